The van der Waals surface area contributed by atoms with E-state index in [4.69, 9.17) is 0 Å². The summed E-state index contributed by atoms with van der Waals surface area (Å²) in [5.74, 6) is 4.53. The van der Waals surface area contributed by atoms with Crippen molar-refractivity contribution in [3.05, 3.63) is 29.8 Å². The monoisotopic (exact) mass is 347 g/mol. The maximum atomic E-state index is 12.8. The van der Waals surface area contributed by atoms with E-state index in [-0.39, 0.29) is 11.8 Å². The zero-order valence-corrected chi connectivity index (χ0v) is 15.3. The first-order chi connectivity index (χ1) is 11.2. The summed E-state index contributed by atoms with van der Waals surface area (Å²) in [5.41, 5.74) is 2.13. The van der Waals surface area contributed by atoms with E-state index < -0.39 is 0 Å². The summed E-state index contributed by atoms with van der Waals surface area (Å²) < 4.78 is 0.456. The van der Waals surface area contributed by atoms with Crippen LogP contribution >= 0.6 is 23.5 Å². The van der Waals surface area contributed by atoms with Gasteiger partial charge in [0.2, 0.25) is 5.91 Å². The number of benzene rings is 1. The highest BCUT2D eigenvalue weighted by atomic mass is 32.2. The normalized spacial score (nSPS) is 32.0. The SMILES string of the molecule is Cc1ccccc1NC(=O)C1CC2CCCC(C1)C21SCCS1. The minimum atomic E-state index is 0.206. The van der Waals surface area contributed by atoms with Crippen molar-refractivity contribution >= 4 is 35.1 Å². The van der Waals surface area contributed by atoms with E-state index in [1.807, 2.05) is 18.2 Å². The number of amides is 1. The third-order valence-corrected chi connectivity index (χ3v) is 9.91. The van der Waals surface area contributed by atoms with Crippen LogP contribution in [0.15, 0.2) is 24.3 Å². The molecule has 1 aromatic carbocycles. The van der Waals surface area contributed by atoms with Gasteiger partial charge in [-0.1, -0.05) is 24.6 Å². The predicted molar refractivity (Wildman–Crippen MR) is 101 cm³/mol. The van der Waals surface area contributed by atoms with Crippen LogP contribution in [0, 0.1) is 24.7 Å². The molecule has 23 heavy (non-hydrogen) atoms. The van der Waals surface area contributed by atoms with Crippen LogP contribution in [0.1, 0.15) is 37.7 Å². The van der Waals surface area contributed by atoms with Crippen molar-refractivity contribution in [2.24, 2.45) is 17.8 Å². The number of hydrogen-bond acceptors (Lipinski definition) is 3. The van der Waals surface area contributed by atoms with Crippen molar-refractivity contribution in [2.75, 3.05) is 16.8 Å². The third-order valence-electron chi connectivity index (χ3n) is 5.89. The summed E-state index contributed by atoms with van der Waals surface area (Å²) in [6.07, 6.45) is 6.20. The van der Waals surface area contributed by atoms with Crippen LogP contribution in [0.3, 0.4) is 0 Å². The molecule has 1 N–H and O–H groups in total. The number of nitrogens with one attached hydrogen (secondary N) is 1. The minimum absolute atomic E-state index is 0.206. The number of carbonyl (C=O) groups excluding carboxylic acids is 1. The van der Waals surface area contributed by atoms with Crippen molar-refractivity contribution in [3.63, 3.8) is 0 Å². The molecule has 2 atom stereocenters. The number of para-hydroxylation sites is 1. The molecule has 1 aliphatic heterocycles. The van der Waals surface area contributed by atoms with Crippen molar-refractivity contribution < 1.29 is 4.79 Å². The fourth-order valence-electron chi connectivity index (χ4n) is 4.77. The van der Waals surface area contributed by atoms with Crippen LogP contribution in [0.25, 0.3) is 0 Å². The zero-order valence-electron chi connectivity index (χ0n) is 13.7. The first-order valence-corrected chi connectivity index (χ1v) is 10.8. The Hall–Kier alpha value is -0.610. The quantitative estimate of drug-likeness (QED) is 0.822. The van der Waals surface area contributed by atoms with Gasteiger partial charge in [-0.25, -0.2) is 0 Å². The molecule has 4 rings (SSSR count). The van der Waals surface area contributed by atoms with Gasteiger partial charge in [0.15, 0.2) is 0 Å². The Morgan fingerprint density at radius 1 is 1.13 bits per heavy atom. The van der Waals surface area contributed by atoms with Gasteiger partial charge in [0.1, 0.15) is 0 Å². The summed E-state index contributed by atoms with van der Waals surface area (Å²) in [6, 6.07) is 8.10. The Balaban J connectivity index is 1.49. The molecule has 2 nitrogen and oxygen atoms in total. The van der Waals surface area contributed by atoms with E-state index in [0.717, 1.165) is 35.9 Å². The van der Waals surface area contributed by atoms with Gasteiger partial charge < -0.3 is 5.32 Å². The highest BCUT2D eigenvalue weighted by Crippen LogP contribution is 2.64. The lowest BCUT2D eigenvalue weighted by atomic mass is 9.67. The third kappa shape index (κ3) is 2.82. The van der Waals surface area contributed by atoms with Gasteiger partial charge in [-0.2, -0.15) is 0 Å². The average molecular weight is 348 g/mol. The Morgan fingerprint density at radius 3 is 2.43 bits per heavy atom. The molecule has 3 fully saturated rings. The Labute approximate surface area is 147 Å². The molecular weight excluding hydrogens is 322 g/mol. The van der Waals surface area contributed by atoms with Gasteiger partial charge in [-0.05, 0) is 56.1 Å². The molecule has 124 valence electrons. The summed E-state index contributed by atoms with van der Waals surface area (Å²) in [7, 11) is 0. The Bertz CT molecular complexity index is 581. The molecule has 1 amide bonds. The number of rotatable bonds is 2. The van der Waals surface area contributed by atoms with E-state index in [0.29, 0.717) is 4.08 Å². The maximum absolute atomic E-state index is 12.8. The first-order valence-electron chi connectivity index (χ1n) is 8.83. The lowest BCUT2D eigenvalue weighted by Gasteiger charge is -2.52. The van der Waals surface area contributed by atoms with Crippen LogP contribution in [-0.4, -0.2) is 21.5 Å². The standard InChI is InChI=1S/C19H25NOS2/c1-13-5-2-3-8-17(13)20-18(21)14-11-15-6-4-7-16(12-14)19(15)22-9-10-23-19/h2-3,5,8,14-16H,4,6-7,9-12H2,1H3,(H,20,21). The second kappa shape index (κ2) is 6.36. The summed E-state index contributed by atoms with van der Waals surface area (Å²) in [5, 5.41) is 3.20. The Morgan fingerprint density at radius 2 is 1.78 bits per heavy atom. The van der Waals surface area contributed by atoms with E-state index in [1.54, 1.807) is 0 Å². The molecule has 1 spiro atoms. The van der Waals surface area contributed by atoms with E-state index >= 15 is 0 Å². The highest BCUT2D eigenvalue weighted by molar-refractivity contribution is 8.21. The van der Waals surface area contributed by atoms with Gasteiger partial charge >= 0.3 is 0 Å². The molecule has 4 heteroatoms. The predicted octanol–water partition coefficient (Wildman–Crippen LogP) is 4.94. The van der Waals surface area contributed by atoms with E-state index in [2.05, 4.69) is 41.8 Å². The number of hydrogen-bond donors (Lipinski definition) is 1. The average Bonchev–Trinajstić information content (AvgIpc) is 2.99. The van der Waals surface area contributed by atoms with Crippen LogP contribution < -0.4 is 5.32 Å². The van der Waals surface area contributed by atoms with Gasteiger partial charge in [-0.15, -0.1) is 23.5 Å². The van der Waals surface area contributed by atoms with Gasteiger partial charge in [0.25, 0.3) is 0 Å². The zero-order chi connectivity index (χ0) is 15.9. The fraction of sp³-hybridized carbons (Fsp3) is 0.632. The molecule has 2 unspecified atom stereocenters. The summed E-state index contributed by atoms with van der Waals surface area (Å²) >= 11 is 4.42. The largest absolute Gasteiger partial charge is 0.326 e. The van der Waals surface area contributed by atoms with Crippen molar-refractivity contribution in [3.8, 4) is 0 Å². The molecule has 3 aliphatic rings. The molecule has 1 saturated heterocycles. The molecule has 0 aromatic heterocycles. The van der Waals surface area contributed by atoms with E-state index in [1.165, 1.54) is 30.8 Å². The van der Waals surface area contributed by atoms with Gasteiger partial charge in [0, 0.05) is 23.1 Å². The highest BCUT2D eigenvalue weighted by Gasteiger charge is 2.55. The molecule has 0 radical (unpaired) electrons. The fourth-order valence-corrected chi connectivity index (χ4v) is 8.71. The van der Waals surface area contributed by atoms with E-state index in [9.17, 15) is 4.79 Å². The second-order valence-corrected chi connectivity index (χ2v) is 10.2. The molecule has 2 saturated carbocycles. The topological polar surface area (TPSA) is 29.1 Å². The number of carbonyl (C=O) groups is 1. The van der Waals surface area contributed by atoms with Crippen LogP contribution in [0.2, 0.25) is 0 Å². The lowest BCUT2D eigenvalue weighted by Crippen LogP contribution is -2.48. The molecule has 1 aromatic rings. The van der Waals surface area contributed by atoms with Gasteiger partial charge in [-0.3, -0.25) is 4.79 Å². The number of aryl methyl sites for hydroxylation is 1. The second-order valence-electron chi connectivity index (χ2n) is 7.22. The lowest BCUT2D eigenvalue weighted by molar-refractivity contribution is -0.122. The minimum Gasteiger partial charge on any atom is -0.326 e. The van der Waals surface area contributed by atoms with Crippen LogP contribution in [0.4, 0.5) is 5.69 Å². The van der Waals surface area contributed by atoms with Gasteiger partial charge in [0.05, 0.1) is 4.08 Å². The van der Waals surface area contributed by atoms with Crippen LogP contribution in [-0.2, 0) is 4.79 Å². The maximum Gasteiger partial charge on any atom is 0.227 e. The Kier molecular flexibility index (Phi) is 4.39. The molecule has 2 bridgehead atoms. The molecule has 2 aliphatic carbocycles. The van der Waals surface area contributed by atoms with Crippen molar-refractivity contribution in [1.29, 1.82) is 0 Å². The number of anilines is 1. The van der Waals surface area contributed by atoms with Crippen molar-refractivity contribution in [1.82, 2.24) is 0 Å². The smallest absolute Gasteiger partial charge is 0.227 e. The molecular formula is C19H25NOS2. The first kappa shape index (κ1) is 15.9. The van der Waals surface area contributed by atoms with Crippen molar-refractivity contribution in [2.45, 2.75) is 43.1 Å². The summed E-state index contributed by atoms with van der Waals surface area (Å²) in [4.78, 5) is 12.8. The van der Waals surface area contributed by atoms with Crippen LogP contribution in [0.5, 0.6) is 0 Å². The summed E-state index contributed by atoms with van der Waals surface area (Å²) in [6.45, 7) is 2.06. The molecule has 1 heterocycles. The number of thioether (sulfide) groups is 2.